The lowest BCUT2D eigenvalue weighted by molar-refractivity contribution is -0.139. The first-order chi connectivity index (χ1) is 17.4. The highest BCUT2D eigenvalue weighted by atomic mass is 35.5. The van der Waals surface area contributed by atoms with Crippen LogP contribution in [0.2, 0.25) is 5.02 Å². The fourth-order valence-corrected chi connectivity index (χ4v) is 7.08. The van der Waals surface area contributed by atoms with Crippen molar-refractivity contribution in [2.45, 2.75) is 12.8 Å². The topological polar surface area (TPSA) is 84.0 Å². The van der Waals surface area contributed by atoms with Gasteiger partial charge in [0.1, 0.15) is 5.75 Å². The summed E-state index contributed by atoms with van der Waals surface area (Å²) in [6, 6.07) is 13.5. The Balaban J connectivity index is 1.04. The van der Waals surface area contributed by atoms with Gasteiger partial charge in [-0.1, -0.05) is 35.9 Å². The molecule has 8 heteroatoms. The summed E-state index contributed by atoms with van der Waals surface area (Å²) in [5, 5.41) is 0.446. The van der Waals surface area contributed by atoms with Crippen LogP contribution in [-0.2, 0) is 19.2 Å². The van der Waals surface area contributed by atoms with Gasteiger partial charge in [-0.25, -0.2) is 0 Å². The molecule has 8 rings (SSSR count). The molecular weight excluding hydrogens is 480 g/mol. The molecule has 2 aromatic carbocycles. The Labute approximate surface area is 212 Å². The zero-order chi connectivity index (χ0) is 24.7. The fraction of sp³-hybridized carbons (Fsp3) is 0.357. The Kier molecular flexibility index (Phi) is 4.71. The molecule has 2 aromatic rings. The Morgan fingerprint density at radius 2 is 1.53 bits per heavy atom. The lowest BCUT2D eigenvalue weighted by Crippen LogP contribution is -2.40. The van der Waals surface area contributed by atoms with E-state index in [1.54, 1.807) is 48.5 Å². The summed E-state index contributed by atoms with van der Waals surface area (Å²) in [6.45, 7) is 0.192. The van der Waals surface area contributed by atoms with E-state index < -0.39 is 11.9 Å². The van der Waals surface area contributed by atoms with Gasteiger partial charge in [-0.15, -0.1) is 0 Å². The molecule has 0 spiro atoms. The fourth-order valence-electron chi connectivity index (χ4n) is 6.84. The van der Waals surface area contributed by atoms with Crippen LogP contribution in [0.3, 0.4) is 0 Å². The number of rotatable bonds is 4. The Bertz CT molecular complexity index is 1320. The van der Waals surface area contributed by atoms with Crippen LogP contribution in [0.4, 0.5) is 11.4 Å². The van der Waals surface area contributed by atoms with Gasteiger partial charge >= 0.3 is 5.97 Å². The number of carbonyl (C=O) groups excluding carboxylic acids is 4. The van der Waals surface area contributed by atoms with Crippen molar-refractivity contribution in [2.24, 2.45) is 41.4 Å². The highest BCUT2D eigenvalue weighted by Crippen LogP contribution is 2.65. The molecule has 2 bridgehead atoms. The molecule has 182 valence electrons. The van der Waals surface area contributed by atoms with Crippen LogP contribution in [0.25, 0.3) is 0 Å². The molecule has 7 nitrogen and oxygen atoms in total. The number of imide groups is 1. The number of benzene rings is 2. The number of hydrogen-bond acceptors (Lipinski definition) is 5. The summed E-state index contributed by atoms with van der Waals surface area (Å²) in [6.07, 6.45) is 5.47. The summed E-state index contributed by atoms with van der Waals surface area (Å²) < 4.78 is 5.54. The number of carbonyl (C=O) groups is 4. The summed E-state index contributed by atoms with van der Waals surface area (Å²) in [7, 11) is 0. The molecule has 4 aliphatic carbocycles. The second kappa shape index (κ2) is 7.77. The van der Waals surface area contributed by atoms with E-state index in [9.17, 15) is 19.2 Å². The first kappa shape index (κ1) is 21.8. The van der Waals surface area contributed by atoms with Crippen LogP contribution in [0, 0.1) is 41.4 Å². The number of para-hydroxylation sites is 1. The molecule has 36 heavy (non-hydrogen) atoms. The minimum absolute atomic E-state index is 0.0417. The number of esters is 1. The van der Waals surface area contributed by atoms with E-state index >= 15 is 0 Å². The molecule has 6 aliphatic rings. The average molecular weight is 503 g/mol. The molecule has 2 saturated carbocycles. The lowest BCUT2D eigenvalue weighted by Gasteiger charge is -2.37. The van der Waals surface area contributed by atoms with Gasteiger partial charge in [0, 0.05) is 13.0 Å². The Morgan fingerprint density at radius 1 is 0.889 bits per heavy atom. The van der Waals surface area contributed by atoms with Gasteiger partial charge in [0.05, 0.1) is 34.2 Å². The van der Waals surface area contributed by atoms with Crippen molar-refractivity contribution in [3.8, 4) is 5.75 Å². The third-order valence-electron chi connectivity index (χ3n) is 8.58. The van der Waals surface area contributed by atoms with Gasteiger partial charge < -0.3 is 9.64 Å². The molecule has 0 unspecified atom stereocenters. The van der Waals surface area contributed by atoms with Crippen molar-refractivity contribution in [3.63, 3.8) is 0 Å². The molecule has 0 radical (unpaired) electrons. The van der Waals surface area contributed by atoms with Crippen molar-refractivity contribution in [1.82, 2.24) is 0 Å². The van der Waals surface area contributed by atoms with Crippen LogP contribution < -0.4 is 14.5 Å². The zero-order valence-electron chi connectivity index (χ0n) is 19.2. The van der Waals surface area contributed by atoms with E-state index in [1.165, 1.54) is 9.80 Å². The predicted molar refractivity (Wildman–Crippen MR) is 131 cm³/mol. The molecule has 4 fully saturated rings. The number of amides is 3. The maximum absolute atomic E-state index is 13.3. The Hall–Kier alpha value is -3.45. The zero-order valence-corrected chi connectivity index (χ0v) is 20.0. The molecule has 7 atom stereocenters. The summed E-state index contributed by atoms with van der Waals surface area (Å²) >= 11 is 6.22. The van der Waals surface area contributed by atoms with E-state index in [1.807, 2.05) is 0 Å². The van der Waals surface area contributed by atoms with Crippen LogP contribution in [-0.4, -0.2) is 30.2 Å². The highest BCUT2D eigenvalue weighted by molar-refractivity contribution is 6.34. The summed E-state index contributed by atoms with van der Waals surface area (Å²) in [5.74, 6) is -0.318. The quantitative estimate of drug-likeness (QED) is 0.274. The van der Waals surface area contributed by atoms with Gasteiger partial charge in [-0.05, 0) is 66.5 Å². The summed E-state index contributed by atoms with van der Waals surface area (Å²) in [5.41, 5.74) is 1.07. The van der Waals surface area contributed by atoms with Crippen LogP contribution in [0.1, 0.15) is 12.8 Å². The van der Waals surface area contributed by atoms with Gasteiger partial charge in [0.15, 0.2) is 0 Å². The predicted octanol–water partition coefficient (Wildman–Crippen LogP) is 3.86. The second-order valence-electron chi connectivity index (χ2n) is 10.4. The van der Waals surface area contributed by atoms with E-state index in [-0.39, 0.29) is 54.4 Å². The SMILES string of the molecule is O=C(Oc1ccc(N2C(=O)[C@@H]3[C@H]4C=C[C@@H]([C@@H]5C[C@H]45)[C@@H]3C2=O)cc1)[C@H]1CC(=O)N(c2ccccc2Cl)C1. The molecule has 2 heterocycles. The smallest absolute Gasteiger partial charge is 0.316 e. The number of halogens is 1. The molecule has 2 saturated heterocycles. The van der Waals surface area contributed by atoms with E-state index in [4.69, 9.17) is 16.3 Å². The highest BCUT2D eigenvalue weighted by Gasteiger charge is 2.67. The van der Waals surface area contributed by atoms with Gasteiger partial charge in [0.25, 0.3) is 0 Å². The normalized spacial score (nSPS) is 33.7. The van der Waals surface area contributed by atoms with Crippen LogP contribution in [0.15, 0.2) is 60.7 Å². The molecule has 2 aliphatic heterocycles. The first-order valence-electron chi connectivity index (χ1n) is 12.3. The number of anilines is 2. The van der Waals surface area contributed by atoms with Crippen molar-refractivity contribution in [1.29, 1.82) is 0 Å². The third-order valence-corrected chi connectivity index (χ3v) is 8.90. The van der Waals surface area contributed by atoms with Crippen molar-refractivity contribution in [3.05, 3.63) is 65.7 Å². The minimum atomic E-state index is -0.618. The van der Waals surface area contributed by atoms with Crippen molar-refractivity contribution < 1.29 is 23.9 Å². The summed E-state index contributed by atoms with van der Waals surface area (Å²) in [4.78, 5) is 54.7. The second-order valence-corrected chi connectivity index (χ2v) is 10.8. The number of allylic oxidation sites excluding steroid dienone is 2. The number of hydrogen-bond donors (Lipinski definition) is 0. The Morgan fingerprint density at radius 3 is 2.17 bits per heavy atom. The van der Waals surface area contributed by atoms with E-state index in [2.05, 4.69) is 12.2 Å². The largest absolute Gasteiger partial charge is 0.426 e. The van der Waals surface area contributed by atoms with Gasteiger partial charge in [-0.2, -0.15) is 0 Å². The van der Waals surface area contributed by atoms with E-state index in [0.29, 0.717) is 34.0 Å². The maximum Gasteiger partial charge on any atom is 0.316 e. The van der Waals surface area contributed by atoms with Crippen LogP contribution in [0.5, 0.6) is 5.75 Å². The molecule has 0 aromatic heterocycles. The number of nitrogens with zero attached hydrogens (tertiary/aromatic N) is 2. The third kappa shape index (κ3) is 3.11. The standard InChI is InChI=1S/C28H23ClN2O5/c29-21-3-1-2-4-22(21)30-13-14(11-23(30)32)28(35)36-16-7-5-15(6-8-16)31-26(33)24-17-9-10-18(20-12-19(17)20)25(24)27(31)34/h1-10,14,17-20,24-25H,11-13H2/t14-,17-,18-,19-,20+,24-,25+/m0/s1. The van der Waals surface area contributed by atoms with E-state index in [0.717, 1.165) is 6.42 Å². The molecule has 0 N–H and O–H groups in total. The molecule has 3 amide bonds. The minimum Gasteiger partial charge on any atom is -0.426 e. The lowest BCUT2D eigenvalue weighted by atomic mass is 9.63. The van der Waals surface area contributed by atoms with Crippen molar-refractivity contribution >= 4 is 46.7 Å². The molecular formula is C28H23ClN2O5. The van der Waals surface area contributed by atoms with Crippen LogP contribution >= 0.6 is 11.6 Å². The number of ether oxygens (including phenoxy) is 1. The first-order valence-corrected chi connectivity index (χ1v) is 12.7. The monoisotopic (exact) mass is 502 g/mol. The average Bonchev–Trinajstić information content (AvgIpc) is 3.56. The maximum atomic E-state index is 13.3. The van der Waals surface area contributed by atoms with Gasteiger partial charge in [0.2, 0.25) is 17.7 Å². The van der Waals surface area contributed by atoms with Gasteiger partial charge in [-0.3, -0.25) is 24.1 Å². The van der Waals surface area contributed by atoms with Crippen molar-refractivity contribution in [2.75, 3.05) is 16.3 Å².